The molecule has 0 radical (unpaired) electrons. The lowest BCUT2D eigenvalue weighted by molar-refractivity contribution is -0.126. The molecule has 0 atom stereocenters. The van der Waals surface area contributed by atoms with Crippen molar-refractivity contribution in [2.75, 3.05) is 38.1 Å². The predicted octanol–water partition coefficient (Wildman–Crippen LogP) is 3.68. The van der Waals surface area contributed by atoms with Crippen LogP contribution in [0.3, 0.4) is 0 Å². The highest BCUT2D eigenvalue weighted by atomic mass is 19.1. The monoisotopic (exact) mass is 383 g/mol. The van der Waals surface area contributed by atoms with E-state index in [0.717, 1.165) is 44.5 Å². The van der Waals surface area contributed by atoms with E-state index >= 15 is 0 Å². The number of hydrogen-bond acceptors (Lipinski definition) is 3. The van der Waals surface area contributed by atoms with Crippen LogP contribution >= 0.6 is 0 Å². The molecule has 1 aliphatic rings. The van der Waals surface area contributed by atoms with E-state index < -0.39 is 0 Å². The molecule has 1 heterocycles. The number of rotatable bonds is 8. The van der Waals surface area contributed by atoms with Gasteiger partial charge < -0.3 is 10.2 Å². The molecular weight excluding hydrogens is 353 g/mol. The minimum Gasteiger partial charge on any atom is -0.375 e. The van der Waals surface area contributed by atoms with Crippen molar-refractivity contribution in [3.05, 3.63) is 66.0 Å². The van der Waals surface area contributed by atoms with E-state index in [-0.39, 0.29) is 17.6 Å². The number of anilines is 1. The zero-order chi connectivity index (χ0) is 19.8. The number of benzene rings is 2. The summed E-state index contributed by atoms with van der Waals surface area (Å²) < 4.78 is 13.8. The van der Waals surface area contributed by atoms with Crippen LogP contribution in [0.4, 0.5) is 10.1 Å². The average molecular weight is 384 g/mol. The van der Waals surface area contributed by atoms with Gasteiger partial charge >= 0.3 is 0 Å². The number of carbonyl (C=O) groups excluding carboxylic acids is 1. The van der Waals surface area contributed by atoms with E-state index in [4.69, 9.17) is 0 Å². The standard InChI is InChI=1S/C23H30FN3O/c1-26(21-9-3-2-4-10-21)15-7-14-25-23(28)19-12-16-27(17-13-19)18-20-8-5-6-11-22(20)24/h2-6,8-11,19H,7,12-18H2,1H3,(H,25,28). The third kappa shape index (κ3) is 5.80. The molecule has 0 aromatic heterocycles. The zero-order valence-corrected chi connectivity index (χ0v) is 16.6. The van der Waals surface area contributed by atoms with E-state index in [1.165, 1.54) is 11.8 Å². The molecule has 0 aliphatic carbocycles. The first-order valence-electron chi connectivity index (χ1n) is 10.1. The second kappa shape index (κ2) is 10.2. The number of nitrogens with one attached hydrogen (secondary N) is 1. The maximum Gasteiger partial charge on any atom is 0.223 e. The Morgan fingerprint density at radius 1 is 1.11 bits per heavy atom. The van der Waals surface area contributed by atoms with Crippen molar-refractivity contribution in [3.8, 4) is 0 Å². The van der Waals surface area contributed by atoms with Crippen molar-refractivity contribution in [2.24, 2.45) is 5.92 Å². The van der Waals surface area contributed by atoms with Gasteiger partial charge in [-0.1, -0.05) is 36.4 Å². The van der Waals surface area contributed by atoms with Crippen LogP contribution in [0.1, 0.15) is 24.8 Å². The van der Waals surface area contributed by atoms with Crippen LogP contribution in [0, 0.1) is 11.7 Å². The summed E-state index contributed by atoms with van der Waals surface area (Å²) in [7, 11) is 2.07. The highest BCUT2D eigenvalue weighted by Crippen LogP contribution is 2.20. The number of carbonyl (C=O) groups is 1. The van der Waals surface area contributed by atoms with Crippen molar-refractivity contribution >= 4 is 11.6 Å². The molecule has 0 saturated carbocycles. The summed E-state index contributed by atoms with van der Waals surface area (Å²) in [5.41, 5.74) is 1.92. The van der Waals surface area contributed by atoms with Crippen LogP contribution in [0.2, 0.25) is 0 Å². The molecule has 2 aromatic rings. The van der Waals surface area contributed by atoms with Gasteiger partial charge in [-0.15, -0.1) is 0 Å². The number of likely N-dealkylation sites (tertiary alicyclic amines) is 1. The fraction of sp³-hybridized carbons (Fsp3) is 0.435. The third-order valence-electron chi connectivity index (χ3n) is 5.48. The first-order valence-corrected chi connectivity index (χ1v) is 10.1. The minimum absolute atomic E-state index is 0.0729. The lowest BCUT2D eigenvalue weighted by Gasteiger charge is -2.31. The van der Waals surface area contributed by atoms with Gasteiger partial charge in [-0.3, -0.25) is 9.69 Å². The second-order valence-corrected chi connectivity index (χ2v) is 7.54. The number of piperidine rings is 1. The van der Waals surface area contributed by atoms with Crippen LogP contribution in [0.15, 0.2) is 54.6 Å². The fourth-order valence-electron chi connectivity index (χ4n) is 3.70. The van der Waals surface area contributed by atoms with E-state index in [1.807, 2.05) is 30.3 Å². The van der Waals surface area contributed by atoms with Gasteiger partial charge in [0.2, 0.25) is 5.91 Å². The van der Waals surface area contributed by atoms with Crippen molar-refractivity contribution in [1.82, 2.24) is 10.2 Å². The van der Waals surface area contributed by atoms with E-state index in [0.29, 0.717) is 13.1 Å². The molecule has 1 aliphatic heterocycles. The van der Waals surface area contributed by atoms with Gasteiger partial charge in [-0.25, -0.2) is 4.39 Å². The summed E-state index contributed by atoms with van der Waals surface area (Å²) in [4.78, 5) is 16.9. The molecule has 3 rings (SSSR count). The predicted molar refractivity (Wildman–Crippen MR) is 112 cm³/mol. The van der Waals surface area contributed by atoms with Crippen LogP contribution in [0.5, 0.6) is 0 Å². The van der Waals surface area contributed by atoms with Crippen LogP contribution in [0.25, 0.3) is 0 Å². The molecular formula is C23H30FN3O. The second-order valence-electron chi connectivity index (χ2n) is 7.54. The van der Waals surface area contributed by atoms with Crippen molar-refractivity contribution in [1.29, 1.82) is 0 Å². The minimum atomic E-state index is -0.150. The van der Waals surface area contributed by atoms with Gasteiger partial charge in [0.05, 0.1) is 0 Å². The highest BCUT2D eigenvalue weighted by molar-refractivity contribution is 5.78. The first kappa shape index (κ1) is 20.3. The highest BCUT2D eigenvalue weighted by Gasteiger charge is 2.25. The molecule has 0 unspecified atom stereocenters. The topological polar surface area (TPSA) is 35.6 Å². The van der Waals surface area contributed by atoms with Crippen molar-refractivity contribution in [2.45, 2.75) is 25.8 Å². The summed E-state index contributed by atoms with van der Waals surface area (Å²) >= 11 is 0. The maximum absolute atomic E-state index is 13.8. The average Bonchev–Trinajstić information content (AvgIpc) is 2.73. The Morgan fingerprint density at radius 3 is 2.50 bits per heavy atom. The van der Waals surface area contributed by atoms with Crippen molar-refractivity contribution in [3.63, 3.8) is 0 Å². The van der Waals surface area contributed by atoms with Gasteiger partial charge in [0.25, 0.3) is 0 Å². The molecule has 28 heavy (non-hydrogen) atoms. The molecule has 5 heteroatoms. The normalized spacial score (nSPS) is 15.4. The van der Waals surface area contributed by atoms with E-state index in [1.54, 1.807) is 6.07 Å². The summed E-state index contributed by atoms with van der Waals surface area (Å²) in [6.07, 6.45) is 2.59. The Hall–Kier alpha value is -2.40. The smallest absolute Gasteiger partial charge is 0.223 e. The van der Waals surface area contributed by atoms with Gasteiger partial charge in [0.1, 0.15) is 5.82 Å². The zero-order valence-electron chi connectivity index (χ0n) is 16.6. The Kier molecular flexibility index (Phi) is 7.43. The number of halogens is 1. The number of hydrogen-bond donors (Lipinski definition) is 1. The lowest BCUT2D eigenvalue weighted by Crippen LogP contribution is -2.40. The fourth-order valence-corrected chi connectivity index (χ4v) is 3.70. The summed E-state index contributed by atoms with van der Waals surface area (Å²) in [6.45, 7) is 3.90. The summed E-state index contributed by atoms with van der Waals surface area (Å²) in [6, 6.07) is 17.2. The molecule has 150 valence electrons. The van der Waals surface area contributed by atoms with E-state index in [9.17, 15) is 9.18 Å². The summed E-state index contributed by atoms with van der Waals surface area (Å²) in [5, 5.41) is 3.09. The van der Waals surface area contributed by atoms with Gasteiger partial charge in [0, 0.05) is 43.9 Å². The van der Waals surface area contributed by atoms with Gasteiger partial charge in [-0.2, -0.15) is 0 Å². The molecule has 4 nitrogen and oxygen atoms in total. The van der Waals surface area contributed by atoms with Crippen LogP contribution in [-0.2, 0) is 11.3 Å². The Balaban J connectivity index is 1.33. The Bertz CT molecular complexity index is 745. The SMILES string of the molecule is CN(CCCNC(=O)C1CCN(Cc2ccccc2F)CC1)c1ccccc1. The van der Waals surface area contributed by atoms with E-state index in [2.05, 4.69) is 34.3 Å². The lowest BCUT2D eigenvalue weighted by atomic mass is 9.95. The quantitative estimate of drug-likeness (QED) is 0.707. The van der Waals surface area contributed by atoms with Crippen LogP contribution in [-0.4, -0.2) is 44.0 Å². The molecule has 1 fully saturated rings. The summed E-state index contributed by atoms with van der Waals surface area (Å²) in [5.74, 6) is 0.0828. The van der Waals surface area contributed by atoms with Crippen molar-refractivity contribution < 1.29 is 9.18 Å². The molecule has 1 N–H and O–H groups in total. The van der Waals surface area contributed by atoms with Gasteiger partial charge in [-0.05, 0) is 50.6 Å². The maximum atomic E-state index is 13.8. The Morgan fingerprint density at radius 2 is 1.79 bits per heavy atom. The molecule has 0 bridgehead atoms. The Labute approximate surface area is 167 Å². The first-order chi connectivity index (χ1) is 13.6. The van der Waals surface area contributed by atoms with Gasteiger partial charge in [0.15, 0.2) is 0 Å². The number of nitrogens with zero attached hydrogens (tertiary/aromatic N) is 2. The third-order valence-corrected chi connectivity index (χ3v) is 5.48. The number of amides is 1. The van der Waals surface area contributed by atoms with Crippen LogP contribution < -0.4 is 10.2 Å². The largest absolute Gasteiger partial charge is 0.375 e. The molecule has 2 aromatic carbocycles. The molecule has 1 amide bonds. The number of para-hydroxylation sites is 1. The molecule has 0 spiro atoms. The molecule has 1 saturated heterocycles.